The number of ether oxygens (including phenoxy) is 1. The first kappa shape index (κ1) is 20.8. The fourth-order valence-corrected chi connectivity index (χ4v) is 3.26. The highest BCUT2D eigenvalue weighted by atomic mass is 35.5. The number of nitrogens with zero attached hydrogens (tertiary/aromatic N) is 3. The van der Waals surface area contributed by atoms with Crippen LogP contribution in [0.25, 0.3) is 0 Å². The third kappa shape index (κ3) is 6.28. The molecule has 0 bridgehead atoms. The minimum absolute atomic E-state index is 0.108. The van der Waals surface area contributed by atoms with Crippen LogP contribution in [0.1, 0.15) is 11.1 Å². The molecule has 0 aliphatic rings. The van der Waals surface area contributed by atoms with Gasteiger partial charge in [-0.3, -0.25) is 0 Å². The first-order chi connectivity index (χ1) is 13.8. The molecule has 0 saturated heterocycles. The zero-order chi connectivity index (χ0) is 20.9. The number of hydrogen-bond donors (Lipinski definition) is 3. The lowest BCUT2D eigenvalue weighted by atomic mass is 10.2. The summed E-state index contributed by atoms with van der Waals surface area (Å²) < 4.78 is 31.3. The van der Waals surface area contributed by atoms with E-state index in [9.17, 15) is 8.42 Å². The summed E-state index contributed by atoms with van der Waals surface area (Å²) in [4.78, 5) is 12.3. The number of aromatic nitrogens is 3. The summed E-state index contributed by atoms with van der Waals surface area (Å²) in [6, 6.07) is 10.1. The summed E-state index contributed by atoms with van der Waals surface area (Å²) in [5, 5.41) is 3.51. The van der Waals surface area contributed by atoms with Gasteiger partial charge in [0.05, 0.1) is 23.2 Å². The molecule has 0 radical (unpaired) electrons. The maximum absolute atomic E-state index is 11.6. The molecule has 0 saturated carbocycles. The van der Waals surface area contributed by atoms with Crippen LogP contribution in [0.2, 0.25) is 5.02 Å². The van der Waals surface area contributed by atoms with Crippen LogP contribution in [0.15, 0.2) is 48.8 Å². The highest BCUT2D eigenvalue weighted by Crippen LogP contribution is 2.23. The van der Waals surface area contributed by atoms with E-state index in [2.05, 4.69) is 25.0 Å². The van der Waals surface area contributed by atoms with Gasteiger partial charge in [-0.05, 0) is 36.4 Å². The molecule has 0 aliphatic heterocycles. The number of nitrogens with one attached hydrogen (secondary N) is 2. The fraction of sp³-hybridized carbons (Fsp3) is 0.167. The zero-order valence-electron chi connectivity index (χ0n) is 15.5. The second-order valence-electron chi connectivity index (χ2n) is 6.03. The molecule has 0 unspecified atom stereocenters. The number of rotatable bonds is 8. The van der Waals surface area contributed by atoms with E-state index in [1.54, 1.807) is 36.4 Å². The Morgan fingerprint density at radius 2 is 1.79 bits per heavy atom. The number of benzene rings is 1. The topological polar surface area (TPSA) is 132 Å². The first-order valence-corrected chi connectivity index (χ1v) is 10.5. The summed E-state index contributed by atoms with van der Waals surface area (Å²) in [5.41, 5.74) is 7.33. The average Bonchev–Trinajstić information content (AvgIpc) is 2.68. The Morgan fingerprint density at radius 3 is 2.45 bits per heavy atom. The molecule has 4 N–H and O–H groups in total. The lowest BCUT2D eigenvalue weighted by Crippen LogP contribution is -2.20. The number of nitrogen functional groups attached to an aromatic ring is 1. The molecule has 0 aliphatic carbocycles. The van der Waals surface area contributed by atoms with Crippen LogP contribution < -0.4 is 20.5 Å². The molecule has 29 heavy (non-hydrogen) atoms. The molecule has 0 atom stereocenters. The Hall–Kier alpha value is -2.95. The van der Waals surface area contributed by atoms with Gasteiger partial charge in [0.25, 0.3) is 0 Å². The Bertz CT molecular complexity index is 1080. The first-order valence-electron chi connectivity index (χ1n) is 8.49. The molecule has 0 amide bonds. The largest absolute Gasteiger partial charge is 0.439 e. The summed E-state index contributed by atoms with van der Waals surface area (Å²) in [7, 11) is -1.95. The number of pyridine rings is 1. The lowest BCUT2D eigenvalue weighted by Gasteiger charge is -2.10. The fourth-order valence-electron chi connectivity index (χ4n) is 2.39. The average molecular weight is 435 g/mol. The van der Waals surface area contributed by atoms with Crippen molar-refractivity contribution in [2.24, 2.45) is 0 Å². The van der Waals surface area contributed by atoms with Crippen molar-refractivity contribution in [2.75, 3.05) is 18.1 Å². The van der Waals surface area contributed by atoms with Crippen molar-refractivity contribution in [3.05, 3.63) is 64.9 Å². The molecule has 3 aromatic rings. The van der Waals surface area contributed by atoms with Crippen molar-refractivity contribution in [1.82, 2.24) is 19.7 Å². The van der Waals surface area contributed by atoms with Crippen molar-refractivity contribution in [2.45, 2.75) is 12.3 Å². The minimum atomic E-state index is -3.33. The number of hydrogen-bond acceptors (Lipinski definition) is 8. The second-order valence-corrected chi connectivity index (χ2v) is 8.39. The van der Waals surface area contributed by atoms with Gasteiger partial charge >= 0.3 is 0 Å². The van der Waals surface area contributed by atoms with Crippen LogP contribution in [-0.2, 0) is 22.3 Å². The standard InChI is InChI=1S/C18H19ClN6O3S/c1-21-29(26,27)11-12-2-4-15(5-3-12)28-17-7-13(6-16(20)25-17)8-22-18-23-9-14(19)10-24-18/h2-7,9-10,21H,8,11H2,1H3,(H2,20,25)(H,22,23,24). The van der Waals surface area contributed by atoms with Gasteiger partial charge in [-0.2, -0.15) is 4.98 Å². The van der Waals surface area contributed by atoms with E-state index in [-0.39, 0.29) is 5.75 Å². The maximum Gasteiger partial charge on any atom is 0.222 e. The van der Waals surface area contributed by atoms with E-state index < -0.39 is 10.0 Å². The molecular formula is C18H19ClN6O3S. The van der Waals surface area contributed by atoms with Crippen LogP contribution in [-0.4, -0.2) is 30.4 Å². The van der Waals surface area contributed by atoms with E-state index in [0.29, 0.717) is 40.5 Å². The molecule has 2 aromatic heterocycles. The maximum atomic E-state index is 11.6. The minimum Gasteiger partial charge on any atom is -0.439 e. The van der Waals surface area contributed by atoms with Crippen LogP contribution >= 0.6 is 11.6 Å². The van der Waals surface area contributed by atoms with Crippen molar-refractivity contribution < 1.29 is 13.2 Å². The van der Waals surface area contributed by atoms with Crippen LogP contribution in [0.4, 0.5) is 11.8 Å². The monoisotopic (exact) mass is 434 g/mol. The zero-order valence-corrected chi connectivity index (χ0v) is 17.0. The highest BCUT2D eigenvalue weighted by molar-refractivity contribution is 7.88. The second kappa shape index (κ2) is 9.03. The van der Waals surface area contributed by atoms with E-state index in [1.807, 2.05) is 0 Å². The van der Waals surface area contributed by atoms with Crippen LogP contribution in [0.3, 0.4) is 0 Å². The van der Waals surface area contributed by atoms with Gasteiger partial charge in [0, 0.05) is 12.6 Å². The SMILES string of the molecule is CNS(=O)(=O)Cc1ccc(Oc2cc(CNc3ncc(Cl)cn3)cc(N)n2)cc1. The molecule has 152 valence electrons. The smallest absolute Gasteiger partial charge is 0.222 e. The Kier molecular flexibility index (Phi) is 6.47. The normalized spacial score (nSPS) is 11.2. The number of sulfonamides is 1. The summed E-state index contributed by atoms with van der Waals surface area (Å²) in [6.45, 7) is 0.408. The Labute approximate surface area is 173 Å². The van der Waals surface area contributed by atoms with Gasteiger partial charge < -0.3 is 15.8 Å². The van der Waals surface area contributed by atoms with Crippen molar-refractivity contribution in [1.29, 1.82) is 0 Å². The Morgan fingerprint density at radius 1 is 1.10 bits per heavy atom. The van der Waals surface area contributed by atoms with Crippen molar-refractivity contribution in [3.8, 4) is 11.6 Å². The predicted molar refractivity (Wildman–Crippen MR) is 111 cm³/mol. The van der Waals surface area contributed by atoms with Gasteiger partial charge in [0.15, 0.2) is 0 Å². The molecule has 11 heteroatoms. The Balaban J connectivity index is 1.67. The summed E-state index contributed by atoms with van der Waals surface area (Å²) in [6.07, 6.45) is 3.00. The quantitative estimate of drug-likeness (QED) is 0.492. The van der Waals surface area contributed by atoms with E-state index in [4.69, 9.17) is 22.1 Å². The van der Waals surface area contributed by atoms with Gasteiger partial charge in [0.1, 0.15) is 11.6 Å². The van der Waals surface area contributed by atoms with Crippen LogP contribution in [0.5, 0.6) is 11.6 Å². The number of halogens is 1. The predicted octanol–water partition coefficient (Wildman–Crippen LogP) is 2.56. The third-order valence-corrected chi connectivity index (χ3v) is 5.30. The molecule has 0 spiro atoms. The summed E-state index contributed by atoms with van der Waals surface area (Å²) in [5.74, 6) is 1.44. The highest BCUT2D eigenvalue weighted by Gasteiger charge is 2.09. The summed E-state index contributed by atoms with van der Waals surface area (Å²) >= 11 is 5.77. The van der Waals surface area contributed by atoms with Gasteiger partial charge in [-0.15, -0.1) is 0 Å². The van der Waals surface area contributed by atoms with Crippen molar-refractivity contribution in [3.63, 3.8) is 0 Å². The molecule has 9 nitrogen and oxygen atoms in total. The molecule has 0 fully saturated rings. The number of anilines is 2. The van der Waals surface area contributed by atoms with Gasteiger partial charge in [0.2, 0.25) is 21.9 Å². The van der Waals surface area contributed by atoms with Gasteiger partial charge in [-0.25, -0.2) is 23.1 Å². The molecule has 1 aromatic carbocycles. The number of nitrogens with two attached hydrogens (primary N) is 1. The molecule has 3 rings (SSSR count). The van der Waals surface area contributed by atoms with E-state index in [0.717, 1.165) is 5.56 Å². The molecular weight excluding hydrogens is 416 g/mol. The van der Waals surface area contributed by atoms with Crippen LogP contribution in [0, 0.1) is 0 Å². The van der Waals surface area contributed by atoms with Gasteiger partial charge in [-0.1, -0.05) is 23.7 Å². The van der Waals surface area contributed by atoms with Crippen molar-refractivity contribution >= 4 is 33.4 Å². The third-order valence-electron chi connectivity index (χ3n) is 3.77. The van der Waals surface area contributed by atoms with E-state index in [1.165, 1.54) is 19.4 Å². The molecule has 2 heterocycles. The lowest BCUT2D eigenvalue weighted by molar-refractivity contribution is 0.463. The van der Waals surface area contributed by atoms with E-state index >= 15 is 0 Å².